The van der Waals surface area contributed by atoms with Crippen molar-refractivity contribution in [2.75, 3.05) is 7.05 Å². The maximum Gasteiger partial charge on any atom is 0.0491 e. The first-order valence-electron chi connectivity index (χ1n) is 3.86. The molecule has 0 spiro atoms. The third-order valence-corrected chi connectivity index (χ3v) is 1.69. The molecule has 0 aliphatic heterocycles. The molecular formula is C9H16N2. The zero-order valence-corrected chi connectivity index (χ0v) is 7.54. The van der Waals surface area contributed by atoms with Crippen LogP contribution in [0.5, 0.6) is 0 Å². The number of allylic oxidation sites excluding steroid dienone is 2. The summed E-state index contributed by atoms with van der Waals surface area (Å²) in [6.45, 7) is 7.94. The molecule has 0 aliphatic carbocycles. The maximum absolute atomic E-state index is 3.83. The van der Waals surface area contributed by atoms with Gasteiger partial charge in [0.2, 0.25) is 0 Å². The van der Waals surface area contributed by atoms with Crippen LogP contribution in [0.1, 0.15) is 20.3 Å². The van der Waals surface area contributed by atoms with Crippen LogP contribution < -0.4 is 0 Å². The molecule has 1 atom stereocenters. The first-order valence-corrected chi connectivity index (χ1v) is 3.86. The molecule has 0 aromatic carbocycles. The Kier molecular flexibility index (Phi) is 5.35. The van der Waals surface area contributed by atoms with Crippen LogP contribution in [0.3, 0.4) is 0 Å². The largest absolute Gasteiger partial charge is 0.193 e. The van der Waals surface area contributed by atoms with E-state index >= 15 is 0 Å². The highest BCUT2D eigenvalue weighted by atomic mass is 15.1. The summed E-state index contributed by atoms with van der Waals surface area (Å²) in [7, 11) is 1.67. The lowest BCUT2D eigenvalue weighted by Gasteiger charge is -2.06. The average molecular weight is 152 g/mol. The lowest BCUT2D eigenvalue weighted by Crippen LogP contribution is -1.92. The fourth-order valence-corrected chi connectivity index (χ4v) is 0.814. The molecule has 0 aromatic rings. The molecule has 0 aromatic heterocycles. The zero-order chi connectivity index (χ0) is 8.69. The minimum Gasteiger partial charge on any atom is -0.193 e. The minimum atomic E-state index is 0.408. The Balaban J connectivity index is 4.25. The van der Waals surface area contributed by atoms with E-state index in [0.717, 1.165) is 6.42 Å². The number of azo groups is 1. The van der Waals surface area contributed by atoms with Crippen LogP contribution in [-0.2, 0) is 0 Å². The summed E-state index contributed by atoms with van der Waals surface area (Å²) >= 11 is 0. The van der Waals surface area contributed by atoms with Gasteiger partial charge >= 0.3 is 0 Å². The Morgan fingerprint density at radius 1 is 1.64 bits per heavy atom. The van der Waals surface area contributed by atoms with Gasteiger partial charge in [0.25, 0.3) is 0 Å². The van der Waals surface area contributed by atoms with E-state index in [-0.39, 0.29) is 0 Å². The van der Waals surface area contributed by atoms with Crippen molar-refractivity contribution in [1.82, 2.24) is 0 Å². The highest BCUT2D eigenvalue weighted by molar-refractivity contribution is 5.09. The zero-order valence-electron chi connectivity index (χ0n) is 7.54. The van der Waals surface area contributed by atoms with Gasteiger partial charge in [-0.3, -0.25) is 0 Å². The first kappa shape index (κ1) is 10.1. The molecule has 0 N–H and O–H groups in total. The van der Waals surface area contributed by atoms with Crippen molar-refractivity contribution in [2.45, 2.75) is 20.3 Å². The van der Waals surface area contributed by atoms with Gasteiger partial charge in [-0.05, 0) is 17.9 Å². The van der Waals surface area contributed by atoms with Crippen LogP contribution in [0.4, 0.5) is 0 Å². The van der Waals surface area contributed by atoms with Gasteiger partial charge in [0.1, 0.15) is 0 Å². The van der Waals surface area contributed by atoms with Crippen LogP contribution in [-0.4, -0.2) is 7.05 Å². The Morgan fingerprint density at radius 3 is 2.64 bits per heavy atom. The van der Waals surface area contributed by atoms with E-state index in [0.29, 0.717) is 5.92 Å². The second-order valence-electron chi connectivity index (χ2n) is 2.40. The summed E-state index contributed by atoms with van der Waals surface area (Å²) in [5.74, 6) is 0.408. The normalized spacial score (nSPS) is 15.4. The Hall–Kier alpha value is -0.920. The predicted octanol–water partition coefficient (Wildman–Crippen LogP) is 3.18. The smallest absolute Gasteiger partial charge is 0.0491 e. The van der Waals surface area contributed by atoms with E-state index in [2.05, 4.69) is 30.7 Å². The van der Waals surface area contributed by atoms with Gasteiger partial charge in [-0.2, -0.15) is 10.2 Å². The summed E-state index contributed by atoms with van der Waals surface area (Å²) < 4.78 is 0. The van der Waals surface area contributed by atoms with Crippen LogP contribution in [0.25, 0.3) is 0 Å². The molecule has 62 valence electrons. The van der Waals surface area contributed by atoms with Crippen LogP contribution >= 0.6 is 0 Å². The molecule has 0 bridgehead atoms. The van der Waals surface area contributed by atoms with Crippen LogP contribution in [0, 0.1) is 5.92 Å². The van der Waals surface area contributed by atoms with Crippen molar-refractivity contribution >= 4 is 0 Å². The monoisotopic (exact) mass is 152 g/mol. The van der Waals surface area contributed by atoms with Crippen LogP contribution in [0.2, 0.25) is 0 Å². The van der Waals surface area contributed by atoms with Crippen molar-refractivity contribution in [3.05, 3.63) is 24.4 Å². The van der Waals surface area contributed by atoms with Gasteiger partial charge in [-0.15, -0.1) is 6.58 Å². The lowest BCUT2D eigenvalue weighted by molar-refractivity contribution is 0.803. The van der Waals surface area contributed by atoms with Crippen LogP contribution in [0.15, 0.2) is 34.7 Å². The average Bonchev–Trinajstić information content (AvgIpc) is 2.05. The fraction of sp³-hybridized carbons (Fsp3) is 0.556. The topological polar surface area (TPSA) is 24.7 Å². The lowest BCUT2D eigenvalue weighted by atomic mass is 10.0. The predicted molar refractivity (Wildman–Crippen MR) is 48.5 cm³/mol. The number of hydrogen-bond donors (Lipinski definition) is 0. The van der Waals surface area contributed by atoms with Gasteiger partial charge < -0.3 is 0 Å². The number of rotatable bonds is 4. The fourth-order valence-electron chi connectivity index (χ4n) is 0.814. The molecule has 2 heteroatoms. The van der Waals surface area contributed by atoms with Crippen molar-refractivity contribution < 1.29 is 0 Å². The molecule has 0 saturated carbocycles. The summed E-state index contributed by atoms with van der Waals surface area (Å²) in [6, 6.07) is 0. The van der Waals surface area contributed by atoms with E-state index in [1.807, 2.05) is 12.3 Å². The third-order valence-electron chi connectivity index (χ3n) is 1.69. The van der Waals surface area contributed by atoms with Crippen molar-refractivity contribution in [1.29, 1.82) is 0 Å². The van der Waals surface area contributed by atoms with E-state index in [1.54, 1.807) is 7.05 Å². The van der Waals surface area contributed by atoms with Crippen molar-refractivity contribution in [2.24, 2.45) is 16.1 Å². The van der Waals surface area contributed by atoms with E-state index in [9.17, 15) is 0 Å². The standard InChI is InChI=1S/C9H16N2/c1-5-8(3)9(6-2)7-11-10-4/h5,7-8H,1,6H2,2-4H3/b9-7-,11-10?. The van der Waals surface area contributed by atoms with Gasteiger partial charge in [-0.1, -0.05) is 19.9 Å². The van der Waals surface area contributed by atoms with Gasteiger partial charge in [0.15, 0.2) is 0 Å². The maximum atomic E-state index is 3.83. The van der Waals surface area contributed by atoms with Crippen molar-refractivity contribution in [3.8, 4) is 0 Å². The highest BCUT2D eigenvalue weighted by Gasteiger charge is 2.00. The van der Waals surface area contributed by atoms with Gasteiger partial charge in [0, 0.05) is 13.2 Å². The quantitative estimate of drug-likeness (QED) is 0.436. The molecule has 11 heavy (non-hydrogen) atoms. The van der Waals surface area contributed by atoms with E-state index in [4.69, 9.17) is 0 Å². The Morgan fingerprint density at radius 2 is 2.27 bits per heavy atom. The highest BCUT2D eigenvalue weighted by Crippen LogP contribution is 2.14. The van der Waals surface area contributed by atoms with Gasteiger partial charge in [0.05, 0.1) is 0 Å². The van der Waals surface area contributed by atoms with E-state index in [1.165, 1.54) is 5.57 Å². The third kappa shape index (κ3) is 3.71. The van der Waals surface area contributed by atoms with Crippen molar-refractivity contribution in [3.63, 3.8) is 0 Å². The summed E-state index contributed by atoms with van der Waals surface area (Å²) in [4.78, 5) is 0. The molecule has 0 fully saturated rings. The minimum absolute atomic E-state index is 0.408. The summed E-state index contributed by atoms with van der Waals surface area (Å²) in [5.41, 5.74) is 1.27. The summed E-state index contributed by atoms with van der Waals surface area (Å²) in [6.07, 6.45) is 4.74. The number of hydrogen-bond acceptors (Lipinski definition) is 2. The second kappa shape index (κ2) is 5.83. The Labute approximate surface area is 68.7 Å². The molecular weight excluding hydrogens is 136 g/mol. The molecule has 0 saturated heterocycles. The Bertz CT molecular complexity index is 168. The molecule has 0 amide bonds. The molecule has 0 heterocycles. The molecule has 0 rings (SSSR count). The molecule has 0 aliphatic rings. The van der Waals surface area contributed by atoms with Gasteiger partial charge in [-0.25, -0.2) is 0 Å². The first-order chi connectivity index (χ1) is 5.26. The van der Waals surface area contributed by atoms with E-state index < -0.39 is 0 Å². The molecule has 0 radical (unpaired) electrons. The number of nitrogens with zero attached hydrogens (tertiary/aromatic N) is 2. The summed E-state index contributed by atoms with van der Waals surface area (Å²) in [5, 5.41) is 7.48. The molecule has 2 nitrogen and oxygen atoms in total. The SMILES string of the molecule is C=CC(C)/C(=C\N=NC)CC. The molecule has 1 unspecified atom stereocenters. The second-order valence-corrected chi connectivity index (χ2v) is 2.40.